The van der Waals surface area contributed by atoms with Crippen molar-refractivity contribution in [3.63, 3.8) is 0 Å². The Balaban J connectivity index is 3.27. The lowest BCUT2D eigenvalue weighted by molar-refractivity contribution is 1.08. The molecule has 1 heterocycles. The molecule has 1 aromatic heterocycles. The molecule has 1 rings (SSSR count). The summed E-state index contributed by atoms with van der Waals surface area (Å²) in [6.07, 6.45) is 6.99. The van der Waals surface area contributed by atoms with Crippen molar-refractivity contribution < 1.29 is 0 Å². The molecule has 0 radical (unpaired) electrons. The summed E-state index contributed by atoms with van der Waals surface area (Å²) < 4.78 is 0. The molecular formula is C17H24N2. The maximum Gasteiger partial charge on any atom is 0.0664 e. The van der Waals surface area contributed by atoms with Gasteiger partial charge in [0.1, 0.15) is 0 Å². The Bertz CT molecular complexity index is 534. The van der Waals surface area contributed by atoms with Crippen molar-refractivity contribution >= 4 is 12.3 Å². The lowest BCUT2D eigenvalue weighted by Crippen LogP contribution is -1.95. The van der Waals surface area contributed by atoms with Crippen molar-refractivity contribution in [2.24, 2.45) is 4.99 Å². The molecule has 0 aliphatic rings. The van der Waals surface area contributed by atoms with E-state index in [4.69, 9.17) is 0 Å². The molecule has 0 unspecified atom stereocenters. The van der Waals surface area contributed by atoms with Gasteiger partial charge in [0.2, 0.25) is 0 Å². The van der Waals surface area contributed by atoms with E-state index in [1.54, 1.807) is 0 Å². The van der Waals surface area contributed by atoms with Gasteiger partial charge in [-0.1, -0.05) is 12.5 Å². The fourth-order valence-electron chi connectivity index (χ4n) is 1.95. The first-order chi connectivity index (χ1) is 9.01. The molecule has 0 aliphatic heterocycles. The average molecular weight is 256 g/mol. The summed E-state index contributed by atoms with van der Waals surface area (Å²) in [5.41, 5.74) is 7.34. The minimum absolute atomic E-state index is 1.03. The fourth-order valence-corrected chi connectivity index (χ4v) is 1.95. The van der Waals surface area contributed by atoms with Gasteiger partial charge in [0, 0.05) is 19.5 Å². The number of allylic oxidation sites excluding steroid dienone is 3. The molecule has 2 heteroatoms. The summed E-state index contributed by atoms with van der Waals surface area (Å²) in [4.78, 5) is 8.63. The van der Waals surface area contributed by atoms with Crippen LogP contribution in [0.3, 0.4) is 0 Å². The molecular weight excluding hydrogens is 232 g/mol. The van der Waals surface area contributed by atoms with Crippen LogP contribution >= 0.6 is 0 Å². The normalized spacial score (nSPS) is 13.9. The highest BCUT2D eigenvalue weighted by Gasteiger charge is 2.04. The Morgan fingerprint density at radius 1 is 1.32 bits per heavy atom. The van der Waals surface area contributed by atoms with Gasteiger partial charge in [-0.2, -0.15) is 0 Å². The second kappa shape index (κ2) is 7.03. The Morgan fingerprint density at radius 2 is 2.00 bits per heavy atom. The molecule has 0 amide bonds. The second-order valence-electron chi connectivity index (χ2n) is 4.90. The Hall–Kier alpha value is -1.70. The molecule has 0 atom stereocenters. The molecule has 0 bridgehead atoms. The van der Waals surface area contributed by atoms with Gasteiger partial charge in [0.05, 0.1) is 5.69 Å². The summed E-state index contributed by atoms with van der Waals surface area (Å²) in [5.74, 6) is 0. The van der Waals surface area contributed by atoms with Crippen LogP contribution < -0.4 is 0 Å². The Morgan fingerprint density at radius 3 is 2.58 bits per heavy atom. The smallest absolute Gasteiger partial charge is 0.0664 e. The van der Waals surface area contributed by atoms with Crippen LogP contribution in [0.5, 0.6) is 0 Å². The maximum absolute atomic E-state index is 4.46. The number of aliphatic imine (C=N–C) groups is 1. The lowest BCUT2D eigenvalue weighted by Gasteiger charge is -2.09. The van der Waals surface area contributed by atoms with Gasteiger partial charge in [0.25, 0.3) is 0 Å². The van der Waals surface area contributed by atoms with E-state index in [0.29, 0.717) is 0 Å². The van der Waals surface area contributed by atoms with Gasteiger partial charge < -0.3 is 0 Å². The molecule has 2 nitrogen and oxygen atoms in total. The van der Waals surface area contributed by atoms with Crippen molar-refractivity contribution in [3.8, 4) is 0 Å². The quantitative estimate of drug-likeness (QED) is 0.574. The van der Waals surface area contributed by atoms with Crippen molar-refractivity contribution in [1.82, 2.24) is 4.98 Å². The van der Waals surface area contributed by atoms with Crippen LogP contribution in [0.1, 0.15) is 44.0 Å². The topological polar surface area (TPSA) is 25.2 Å². The van der Waals surface area contributed by atoms with E-state index in [0.717, 1.165) is 12.1 Å². The van der Waals surface area contributed by atoms with E-state index < -0.39 is 0 Å². The van der Waals surface area contributed by atoms with Crippen LogP contribution in [-0.2, 0) is 0 Å². The molecule has 0 saturated carbocycles. The van der Waals surface area contributed by atoms with Crippen molar-refractivity contribution in [3.05, 3.63) is 45.8 Å². The van der Waals surface area contributed by atoms with Crippen LogP contribution in [0, 0.1) is 13.8 Å². The Kier molecular flexibility index (Phi) is 5.68. The molecule has 1 aromatic rings. The third-order valence-corrected chi connectivity index (χ3v) is 3.54. The van der Waals surface area contributed by atoms with Gasteiger partial charge in [-0.15, -0.1) is 0 Å². The van der Waals surface area contributed by atoms with Crippen LogP contribution in [0.2, 0.25) is 0 Å². The highest BCUT2D eigenvalue weighted by atomic mass is 14.7. The zero-order chi connectivity index (χ0) is 14.4. The van der Waals surface area contributed by atoms with E-state index in [9.17, 15) is 0 Å². The molecule has 0 fully saturated rings. The fraction of sp³-hybridized carbons (Fsp3) is 0.412. The predicted octanol–water partition coefficient (Wildman–Crippen LogP) is 4.53. The lowest BCUT2D eigenvalue weighted by atomic mass is 9.99. The summed E-state index contributed by atoms with van der Waals surface area (Å²) in [5, 5.41) is 0. The van der Waals surface area contributed by atoms with E-state index >= 15 is 0 Å². The van der Waals surface area contributed by atoms with E-state index in [1.165, 1.54) is 27.8 Å². The largest absolute Gasteiger partial charge is 0.296 e. The van der Waals surface area contributed by atoms with Crippen LogP contribution in [0.4, 0.5) is 0 Å². The number of aromatic nitrogens is 1. The zero-order valence-corrected chi connectivity index (χ0v) is 12.9. The van der Waals surface area contributed by atoms with Gasteiger partial charge in [0.15, 0.2) is 0 Å². The number of aryl methyl sites for hydroxylation is 1. The van der Waals surface area contributed by atoms with Crippen molar-refractivity contribution in [2.75, 3.05) is 7.05 Å². The minimum Gasteiger partial charge on any atom is -0.296 e. The highest BCUT2D eigenvalue weighted by Crippen LogP contribution is 2.20. The SMILES string of the molecule is CC/C(C)=C(/C=N\C)C(\C)=C\c1nccc(C)c1C. The third-order valence-electron chi connectivity index (χ3n) is 3.54. The standard InChI is InChI=1S/C17H24N2/c1-7-12(2)16(11-18-6)14(4)10-17-15(5)13(3)8-9-19-17/h8-11H,7H2,1-6H3/b14-10+,16-12-,18-11-. The van der Waals surface area contributed by atoms with Gasteiger partial charge in [-0.25, -0.2) is 0 Å². The van der Waals surface area contributed by atoms with Crippen LogP contribution in [0.25, 0.3) is 6.08 Å². The molecule has 102 valence electrons. The molecule has 0 N–H and O–H groups in total. The molecule has 19 heavy (non-hydrogen) atoms. The minimum atomic E-state index is 1.03. The molecule has 0 spiro atoms. The van der Waals surface area contributed by atoms with E-state index in [2.05, 4.69) is 50.7 Å². The Labute approximate surface area is 117 Å². The first kappa shape index (κ1) is 15.4. The predicted molar refractivity (Wildman–Crippen MR) is 84.8 cm³/mol. The number of rotatable bonds is 4. The summed E-state index contributed by atoms with van der Waals surface area (Å²) >= 11 is 0. The molecule has 0 saturated heterocycles. The van der Waals surface area contributed by atoms with Crippen molar-refractivity contribution in [2.45, 2.75) is 41.0 Å². The zero-order valence-electron chi connectivity index (χ0n) is 12.9. The summed E-state index contributed by atoms with van der Waals surface area (Å²) in [6.45, 7) is 10.7. The van der Waals surface area contributed by atoms with Gasteiger partial charge >= 0.3 is 0 Å². The van der Waals surface area contributed by atoms with Gasteiger partial charge in [-0.05, 0) is 68.5 Å². The van der Waals surface area contributed by atoms with E-state index in [1.807, 2.05) is 25.5 Å². The number of hydrogen-bond donors (Lipinski definition) is 0. The highest BCUT2D eigenvalue weighted by molar-refractivity contribution is 5.87. The summed E-state index contributed by atoms with van der Waals surface area (Å²) in [6, 6.07) is 2.05. The monoisotopic (exact) mass is 256 g/mol. The maximum atomic E-state index is 4.46. The molecule has 0 aromatic carbocycles. The molecule has 0 aliphatic carbocycles. The number of nitrogens with zero attached hydrogens (tertiary/aromatic N) is 2. The first-order valence-electron chi connectivity index (χ1n) is 6.74. The second-order valence-corrected chi connectivity index (χ2v) is 4.90. The number of pyridine rings is 1. The van der Waals surface area contributed by atoms with Gasteiger partial charge in [-0.3, -0.25) is 9.98 Å². The van der Waals surface area contributed by atoms with Crippen LogP contribution in [0.15, 0.2) is 34.0 Å². The number of hydrogen-bond acceptors (Lipinski definition) is 2. The van der Waals surface area contributed by atoms with Crippen molar-refractivity contribution in [1.29, 1.82) is 0 Å². The average Bonchev–Trinajstić information content (AvgIpc) is 2.40. The first-order valence-corrected chi connectivity index (χ1v) is 6.74. The van der Waals surface area contributed by atoms with Crippen LogP contribution in [-0.4, -0.2) is 18.2 Å². The third kappa shape index (κ3) is 3.88. The van der Waals surface area contributed by atoms with E-state index in [-0.39, 0.29) is 0 Å². The summed E-state index contributed by atoms with van der Waals surface area (Å²) in [7, 11) is 1.81.